The standard InChI is InChI=1S/C18H18N2O4S/c1-10-12(3)25-17(15(10)18(22)23-4)20-16(21)11(2)24-14-8-6-5-7-13(14)9-19/h5-8,11H,1-4H3,(H,20,21). The molecule has 0 radical (unpaired) electrons. The highest BCUT2D eigenvalue weighted by Crippen LogP contribution is 2.33. The van der Waals surface area contributed by atoms with Crippen molar-refractivity contribution in [1.82, 2.24) is 0 Å². The number of ether oxygens (including phenoxy) is 2. The molecule has 130 valence electrons. The molecule has 1 unspecified atom stereocenters. The second-order valence-corrected chi connectivity index (χ2v) is 6.56. The summed E-state index contributed by atoms with van der Waals surface area (Å²) in [5.41, 5.74) is 1.47. The number of methoxy groups -OCH3 is 1. The number of anilines is 1. The van der Waals surface area contributed by atoms with Crippen LogP contribution in [0.1, 0.15) is 33.3 Å². The molecule has 0 aliphatic heterocycles. The van der Waals surface area contributed by atoms with Crippen molar-refractivity contribution in [3.63, 3.8) is 0 Å². The summed E-state index contributed by atoms with van der Waals surface area (Å²) in [7, 11) is 1.30. The van der Waals surface area contributed by atoms with E-state index in [9.17, 15) is 9.59 Å². The van der Waals surface area contributed by atoms with E-state index in [0.717, 1.165) is 10.4 Å². The number of hydrogen-bond donors (Lipinski definition) is 1. The zero-order valence-electron chi connectivity index (χ0n) is 14.4. The Hall–Kier alpha value is -2.85. The number of nitrogens with zero attached hydrogens (tertiary/aromatic N) is 1. The predicted molar refractivity (Wildman–Crippen MR) is 95.0 cm³/mol. The largest absolute Gasteiger partial charge is 0.480 e. The Morgan fingerprint density at radius 1 is 1.28 bits per heavy atom. The molecular formula is C18H18N2O4S. The number of aryl methyl sites for hydroxylation is 1. The summed E-state index contributed by atoms with van der Waals surface area (Å²) in [6, 6.07) is 8.70. The molecule has 25 heavy (non-hydrogen) atoms. The molecule has 1 aromatic heterocycles. The van der Waals surface area contributed by atoms with Gasteiger partial charge in [0, 0.05) is 4.88 Å². The van der Waals surface area contributed by atoms with Gasteiger partial charge >= 0.3 is 5.97 Å². The maximum atomic E-state index is 12.4. The lowest BCUT2D eigenvalue weighted by Gasteiger charge is -2.15. The Morgan fingerprint density at radius 2 is 1.96 bits per heavy atom. The molecule has 0 aliphatic rings. The minimum atomic E-state index is -0.845. The highest BCUT2D eigenvalue weighted by Gasteiger charge is 2.24. The van der Waals surface area contributed by atoms with E-state index in [4.69, 9.17) is 14.7 Å². The minimum Gasteiger partial charge on any atom is -0.480 e. The molecule has 0 saturated carbocycles. The molecule has 1 aromatic carbocycles. The normalized spacial score (nSPS) is 11.3. The number of thiophene rings is 1. The minimum absolute atomic E-state index is 0.333. The van der Waals surface area contributed by atoms with Gasteiger partial charge in [-0.05, 0) is 38.5 Å². The maximum Gasteiger partial charge on any atom is 0.341 e. The number of carbonyl (C=O) groups is 2. The summed E-state index contributed by atoms with van der Waals surface area (Å²) in [4.78, 5) is 25.3. The molecule has 0 bridgehead atoms. The van der Waals surface area contributed by atoms with Crippen LogP contribution in [0.2, 0.25) is 0 Å². The number of benzene rings is 1. The van der Waals surface area contributed by atoms with Crippen LogP contribution >= 0.6 is 11.3 Å². The molecular weight excluding hydrogens is 340 g/mol. The van der Waals surface area contributed by atoms with Gasteiger partial charge < -0.3 is 14.8 Å². The van der Waals surface area contributed by atoms with Gasteiger partial charge in [-0.15, -0.1) is 11.3 Å². The van der Waals surface area contributed by atoms with Gasteiger partial charge in [0.2, 0.25) is 0 Å². The van der Waals surface area contributed by atoms with Crippen LogP contribution < -0.4 is 10.1 Å². The Kier molecular flexibility index (Phi) is 5.78. The molecule has 2 rings (SSSR count). The molecule has 1 N–H and O–H groups in total. The van der Waals surface area contributed by atoms with Crippen molar-refractivity contribution in [2.45, 2.75) is 26.9 Å². The van der Waals surface area contributed by atoms with E-state index in [-0.39, 0.29) is 0 Å². The summed E-state index contributed by atoms with van der Waals surface area (Å²) < 4.78 is 10.4. The lowest BCUT2D eigenvalue weighted by atomic mass is 10.1. The Labute approximate surface area is 150 Å². The van der Waals surface area contributed by atoms with Crippen molar-refractivity contribution >= 4 is 28.2 Å². The maximum absolute atomic E-state index is 12.4. The molecule has 0 fully saturated rings. The quantitative estimate of drug-likeness (QED) is 0.827. The number of carbonyl (C=O) groups excluding carboxylic acids is 2. The van der Waals surface area contributed by atoms with Crippen LogP contribution in [0.15, 0.2) is 24.3 Å². The van der Waals surface area contributed by atoms with Crippen LogP contribution in [0, 0.1) is 25.2 Å². The number of para-hydroxylation sites is 1. The van der Waals surface area contributed by atoms with Crippen LogP contribution in [0.4, 0.5) is 5.00 Å². The van der Waals surface area contributed by atoms with Crippen molar-refractivity contribution in [2.75, 3.05) is 12.4 Å². The fourth-order valence-electron chi connectivity index (χ4n) is 2.18. The number of amides is 1. The highest BCUT2D eigenvalue weighted by molar-refractivity contribution is 7.16. The van der Waals surface area contributed by atoms with Crippen LogP contribution in [-0.2, 0) is 9.53 Å². The summed E-state index contributed by atoms with van der Waals surface area (Å²) in [5.74, 6) is -0.584. The number of nitriles is 1. The fraction of sp³-hybridized carbons (Fsp3) is 0.278. The molecule has 1 amide bonds. The molecule has 1 heterocycles. The number of nitrogens with one attached hydrogen (secondary N) is 1. The summed E-state index contributed by atoms with van der Waals surface area (Å²) in [6.07, 6.45) is -0.845. The third-order valence-electron chi connectivity index (χ3n) is 3.69. The average molecular weight is 358 g/mol. The first-order valence-corrected chi connectivity index (χ1v) is 8.35. The van der Waals surface area contributed by atoms with Gasteiger partial charge in [-0.25, -0.2) is 4.79 Å². The van der Waals surface area contributed by atoms with Gasteiger partial charge in [0.15, 0.2) is 6.10 Å². The van der Waals surface area contributed by atoms with E-state index >= 15 is 0 Å². The molecule has 6 nitrogen and oxygen atoms in total. The zero-order valence-corrected chi connectivity index (χ0v) is 15.2. The van der Waals surface area contributed by atoms with Gasteiger partial charge in [0.1, 0.15) is 16.8 Å². The van der Waals surface area contributed by atoms with Crippen molar-refractivity contribution < 1.29 is 19.1 Å². The topological polar surface area (TPSA) is 88.4 Å². The van der Waals surface area contributed by atoms with E-state index in [1.54, 1.807) is 38.1 Å². The highest BCUT2D eigenvalue weighted by atomic mass is 32.1. The first-order chi connectivity index (χ1) is 11.9. The summed E-state index contributed by atoms with van der Waals surface area (Å²) >= 11 is 1.30. The Balaban J connectivity index is 2.19. The van der Waals surface area contributed by atoms with E-state index in [1.807, 2.05) is 13.0 Å². The number of hydrogen-bond acceptors (Lipinski definition) is 6. The van der Waals surface area contributed by atoms with Crippen molar-refractivity contribution in [3.8, 4) is 11.8 Å². The third-order valence-corrected chi connectivity index (χ3v) is 4.81. The SMILES string of the molecule is COC(=O)c1c(NC(=O)C(C)Oc2ccccc2C#N)sc(C)c1C. The number of rotatable bonds is 5. The number of esters is 1. The molecule has 0 aliphatic carbocycles. The lowest BCUT2D eigenvalue weighted by Crippen LogP contribution is -2.30. The van der Waals surface area contributed by atoms with Crippen molar-refractivity contribution in [2.24, 2.45) is 0 Å². The summed E-state index contributed by atoms with van der Waals surface area (Å²) in [6.45, 7) is 5.25. The van der Waals surface area contributed by atoms with Crippen molar-refractivity contribution in [1.29, 1.82) is 5.26 Å². The van der Waals surface area contributed by atoms with E-state index in [0.29, 0.717) is 21.9 Å². The second-order valence-electron chi connectivity index (χ2n) is 5.34. The monoisotopic (exact) mass is 358 g/mol. The molecule has 7 heteroatoms. The molecule has 1 atom stereocenters. The van der Waals surface area contributed by atoms with Crippen LogP contribution in [0.3, 0.4) is 0 Å². The Bertz CT molecular complexity index is 851. The average Bonchev–Trinajstić information content (AvgIpc) is 2.88. The zero-order chi connectivity index (χ0) is 18.6. The van der Waals surface area contributed by atoms with Gasteiger partial charge in [-0.2, -0.15) is 5.26 Å². The van der Waals surface area contributed by atoms with Gasteiger partial charge in [-0.1, -0.05) is 12.1 Å². The van der Waals surface area contributed by atoms with Crippen molar-refractivity contribution in [3.05, 3.63) is 45.8 Å². The molecule has 2 aromatic rings. The van der Waals surface area contributed by atoms with E-state index in [2.05, 4.69) is 5.32 Å². The van der Waals surface area contributed by atoms with E-state index in [1.165, 1.54) is 18.4 Å². The van der Waals surface area contributed by atoms with Crippen LogP contribution in [0.5, 0.6) is 5.75 Å². The molecule has 0 spiro atoms. The van der Waals surface area contributed by atoms with Crippen LogP contribution in [-0.4, -0.2) is 25.1 Å². The van der Waals surface area contributed by atoms with Gasteiger partial charge in [-0.3, -0.25) is 4.79 Å². The van der Waals surface area contributed by atoms with E-state index < -0.39 is 18.0 Å². The lowest BCUT2D eigenvalue weighted by molar-refractivity contribution is -0.122. The third kappa shape index (κ3) is 3.98. The van der Waals surface area contributed by atoms with Gasteiger partial charge in [0.05, 0.1) is 18.2 Å². The first-order valence-electron chi connectivity index (χ1n) is 7.54. The Morgan fingerprint density at radius 3 is 2.60 bits per heavy atom. The summed E-state index contributed by atoms with van der Waals surface area (Å²) in [5, 5.41) is 12.2. The second kappa shape index (κ2) is 7.81. The predicted octanol–water partition coefficient (Wildman–Crippen LogP) is 3.43. The smallest absolute Gasteiger partial charge is 0.341 e. The van der Waals surface area contributed by atoms with Crippen LogP contribution in [0.25, 0.3) is 0 Å². The molecule has 0 saturated heterocycles. The fourth-order valence-corrected chi connectivity index (χ4v) is 3.23. The van der Waals surface area contributed by atoms with Gasteiger partial charge in [0.25, 0.3) is 5.91 Å². The first kappa shape index (κ1) is 18.5.